The topological polar surface area (TPSA) is 72.0 Å². The van der Waals surface area contributed by atoms with Gasteiger partial charge in [-0.2, -0.15) is 8.75 Å². The van der Waals surface area contributed by atoms with Crippen LogP contribution in [0.1, 0.15) is 5.56 Å². The summed E-state index contributed by atoms with van der Waals surface area (Å²) in [6, 6.07) is 5.49. The first-order chi connectivity index (χ1) is 6.77. The van der Waals surface area contributed by atoms with E-state index in [2.05, 4.69) is 13.5 Å². The zero-order valence-corrected chi connectivity index (χ0v) is 11.6. The van der Waals surface area contributed by atoms with Gasteiger partial charge in [0, 0.05) is 6.54 Å². The summed E-state index contributed by atoms with van der Waals surface area (Å²) in [5.41, 5.74) is 2.39. The number of hydrogen-bond donors (Lipinski definition) is 1. The average molecular weight is 257 g/mol. The van der Waals surface area contributed by atoms with E-state index in [9.17, 15) is 8.42 Å². The first-order valence-corrected chi connectivity index (χ1v) is 5.61. The van der Waals surface area contributed by atoms with Gasteiger partial charge in [-0.25, -0.2) is 0 Å². The summed E-state index contributed by atoms with van der Waals surface area (Å²) in [6.45, 7) is 0.249. The van der Waals surface area contributed by atoms with Crippen molar-refractivity contribution in [2.45, 2.75) is 6.54 Å². The minimum absolute atomic E-state index is 0. The quantitative estimate of drug-likeness (QED) is 0.625. The molecule has 0 aliphatic heterocycles. The molecule has 5 nitrogen and oxygen atoms in total. The SMILES string of the molecule is O=[S-](=O)NCc1cccc2nsnc12.[AlH2+]. The number of nitrogens with one attached hydrogen (secondary N) is 1. The van der Waals surface area contributed by atoms with Crippen molar-refractivity contribution in [1.29, 1.82) is 0 Å². The Morgan fingerprint density at radius 2 is 2.13 bits per heavy atom. The molecule has 1 aromatic carbocycles. The zero-order valence-electron chi connectivity index (χ0n) is 7.97. The molecule has 0 unspecified atom stereocenters. The van der Waals surface area contributed by atoms with Gasteiger partial charge in [-0.3, -0.25) is 0 Å². The van der Waals surface area contributed by atoms with Gasteiger partial charge in [0.15, 0.2) is 0 Å². The van der Waals surface area contributed by atoms with Crippen molar-refractivity contribution in [1.82, 2.24) is 13.5 Å². The molecule has 0 saturated heterocycles. The Kier molecular flexibility index (Phi) is 4.63. The number of rotatable bonds is 3. The zero-order chi connectivity index (χ0) is 9.97. The van der Waals surface area contributed by atoms with Gasteiger partial charge in [0.1, 0.15) is 11.0 Å². The summed E-state index contributed by atoms with van der Waals surface area (Å²) in [6.07, 6.45) is 0. The molecule has 1 N–H and O–H groups in total. The van der Waals surface area contributed by atoms with Crippen molar-refractivity contribution in [3.63, 3.8) is 0 Å². The first kappa shape index (κ1) is 12.6. The van der Waals surface area contributed by atoms with Gasteiger partial charge in [0.05, 0.1) is 11.7 Å². The van der Waals surface area contributed by atoms with Crippen LogP contribution in [0.15, 0.2) is 18.2 Å². The third-order valence-electron chi connectivity index (χ3n) is 1.75. The van der Waals surface area contributed by atoms with Crippen molar-refractivity contribution < 1.29 is 8.42 Å². The fourth-order valence-electron chi connectivity index (χ4n) is 1.14. The van der Waals surface area contributed by atoms with E-state index < -0.39 is 10.9 Å². The van der Waals surface area contributed by atoms with Gasteiger partial charge in [-0.05, 0) is 22.5 Å². The summed E-state index contributed by atoms with van der Waals surface area (Å²) in [5, 5.41) is 0. The molecule has 0 fully saturated rings. The number of hydrogen-bond acceptors (Lipinski definition) is 6. The number of benzene rings is 1. The van der Waals surface area contributed by atoms with E-state index in [-0.39, 0.29) is 23.9 Å². The van der Waals surface area contributed by atoms with Crippen LogP contribution in [0.4, 0.5) is 0 Å². The molecule has 1 heterocycles. The second kappa shape index (κ2) is 5.53. The molecule has 2 aromatic rings. The van der Waals surface area contributed by atoms with E-state index in [1.54, 1.807) is 0 Å². The Labute approximate surface area is 103 Å². The fraction of sp³-hybridized carbons (Fsp3) is 0.143. The Morgan fingerprint density at radius 3 is 2.87 bits per heavy atom. The van der Waals surface area contributed by atoms with Gasteiger partial charge in [-0.1, -0.05) is 12.1 Å². The summed E-state index contributed by atoms with van der Waals surface area (Å²) in [5.74, 6) is 0. The third kappa shape index (κ3) is 2.97. The van der Waals surface area contributed by atoms with Crippen molar-refractivity contribution in [2.24, 2.45) is 0 Å². The molecule has 0 radical (unpaired) electrons. The molecule has 2 rings (SSSR count). The van der Waals surface area contributed by atoms with Crippen LogP contribution in [0, 0.1) is 0 Å². The van der Waals surface area contributed by atoms with Crippen molar-refractivity contribution in [3.8, 4) is 0 Å². The molecule has 1 aromatic heterocycles. The molecule has 0 saturated carbocycles. The number of aromatic nitrogens is 2. The molecule has 0 amide bonds. The molecule has 15 heavy (non-hydrogen) atoms. The Hall–Kier alpha value is -0.518. The summed E-state index contributed by atoms with van der Waals surface area (Å²) >= 11 is 1.12. The molecule has 78 valence electrons. The second-order valence-corrected chi connectivity index (χ2v) is 3.89. The Bertz CT molecular complexity index is 518. The summed E-state index contributed by atoms with van der Waals surface area (Å²) < 4.78 is 31.0. The van der Waals surface area contributed by atoms with Crippen LogP contribution in [0.5, 0.6) is 0 Å². The van der Waals surface area contributed by atoms with E-state index in [0.717, 1.165) is 28.3 Å². The molecular weight excluding hydrogens is 249 g/mol. The molecule has 0 bridgehead atoms. The van der Waals surface area contributed by atoms with Gasteiger partial charge in [0.2, 0.25) is 0 Å². The third-order valence-corrected chi connectivity index (χ3v) is 2.67. The number of fused-ring (bicyclic) bond motifs is 1. The Balaban J connectivity index is 0.00000112. The van der Waals surface area contributed by atoms with Crippen molar-refractivity contribution in [3.05, 3.63) is 23.8 Å². The molecule has 0 atom stereocenters. The van der Waals surface area contributed by atoms with E-state index in [4.69, 9.17) is 0 Å². The van der Waals surface area contributed by atoms with Crippen molar-refractivity contribution in [2.75, 3.05) is 0 Å². The fourth-order valence-corrected chi connectivity index (χ4v) is 1.98. The van der Waals surface area contributed by atoms with Crippen LogP contribution in [-0.4, -0.2) is 26.1 Å². The van der Waals surface area contributed by atoms with Crippen LogP contribution in [0.3, 0.4) is 0 Å². The van der Waals surface area contributed by atoms with Crippen molar-refractivity contribution >= 4 is 51.0 Å². The predicted octanol–water partition coefficient (Wildman–Crippen LogP) is 0.0890. The van der Waals surface area contributed by atoms with Gasteiger partial charge < -0.3 is 13.1 Å². The monoisotopic (exact) mass is 257 g/mol. The maximum absolute atomic E-state index is 10.3. The standard InChI is InChI=1S/C7H6N3O2S2.Al.2H/c11-14(12)8-4-5-2-1-3-6-7(5)10-13-9-6;;;/h1-3H,4H2,(H,8,11,12);;;/q-1;+1;;. The normalized spacial score (nSPS) is 10.5. The van der Waals surface area contributed by atoms with E-state index in [0.29, 0.717) is 0 Å². The van der Waals surface area contributed by atoms with Crippen LogP contribution in [0.2, 0.25) is 0 Å². The van der Waals surface area contributed by atoms with E-state index in [1.165, 1.54) is 0 Å². The Morgan fingerprint density at radius 1 is 1.33 bits per heavy atom. The van der Waals surface area contributed by atoms with Crippen LogP contribution >= 0.6 is 11.7 Å². The maximum atomic E-state index is 10.3. The molecular formula is C7H8AlN3O2S2. The predicted molar refractivity (Wildman–Crippen MR) is 61.5 cm³/mol. The van der Waals surface area contributed by atoms with Gasteiger partial charge in [-0.15, -0.1) is 0 Å². The van der Waals surface area contributed by atoms with Gasteiger partial charge >= 0.3 is 17.4 Å². The summed E-state index contributed by atoms with van der Waals surface area (Å²) in [7, 11) is -2.24. The second-order valence-electron chi connectivity index (χ2n) is 2.60. The van der Waals surface area contributed by atoms with Crippen LogP contribution in [-0.2, 0) is 25.9 Å². The first-order valence-electron chi connectivity index (χ1n) is 3.80. The van der Waals surface area contributed by atoms with Crippen LogP contribution < -0.4 is 4.72 Å². The molecule has 0 aliphatic carbocycles. The summed E-state index contributed by atoms with van der Waals surface area (Å²) in [4.78, 5) is 0. The van der Waals surface area contributed by atoms with Gasteiger partial charge in [0.25, 0.3) is 0 Å². The minimum atomic E-state index is -2.24. The van der Waals surface area contributed by atoms with E-state index in [1.807, 2.05) is 18.2 Å². The van der Waals surface area contributed by atoms with Crippen LogP contribution in [0.25, 0.3) is 11.0 Å². The molecule has 0 spiro atoms. The number of nitrogens with zero attached hydrogens (tertiary/aromatic N) is 2. The average Bonchev–Trinajstić information content (AvgIpc) is 2.62. The molecule has 8 heteroatoms. The van der Waals surface area contributed by atoms with E-state index >= 15 is 0 Å². The molecule has 0 aliphatic rings.